The van der Waals surface area contributed by atoms with Gasteiger partial charge in [0.15, 0.2) is 14.1 Å². The van der Waals surface area contributed by atoms with Gasteiger partial charge in [-0.15, -0.1) is 0 Å². The van der Waals surface area contributed by atoms with Gasteiger partial charge in [-0.05, 0) is 36.9 Å². The van der Waals surface area contributed by atoms with Gasteiger partial charge in [0.05, 0.1) is 31.8 Å². The highest BCUT2D eigenvalue weighted by atomic mass is 28.4. The molecule has 6 heteroatoms. The Labute approximate surface area is 146 Å². The topological polar surface area (TPSA) is 54.0 Å². The van der Waals surface area contributed by atoms with Crippen LogP contribution in [0.2, 0.25) is 18.1 Å². The van der Waals surface area contributed by atoms with Gasteiger partial charge in [0.2, 0.25) is 0 Å². The predicted octanol–water partition coefficient (Wildman–Crippen LogP) is 3.48. The van der Waals surface area contributed by atoms with E-state index in [9.17, 15) is 4.79 Å². The summed E-state index contributed by atoms with van der Waals surface area (Å²) >= 11 is 0. The molecule has 0 aromatic carbocycles. The molecule has 0 radical (unpaired) electrons. The summed E-state index contributed by atoms with van der Waals surface area (Å²) in [5, 5.41) is 0.109. The fourth-order valence-electron chi connectivity index (χ4n) is 4.34. The quantitative estimate of drug-likeness (QED) is 0.572. The molecule has 2 aliphatic carbocycles. The van der Waals surface area contributed by atoms with Crippen molar-refractivity contribution in [3.63, 3.8) is 0 Å². The van der Waals surface area contributed by atoms with Crippen LogP contribution in [0.15, 0.2) is 0 Å². The predicted molar refractivity (Wildman–Crippen MR) is 93.1 cm³/mol. The van der Waals surface area contributed by atoms with E-state index < -0.39 is 19.7 Å². The number of hydrogen-bond acceptors (Lipinski definition) is 5. The SMILES string of the molecule is COC(=O)[C@@H]1C[C@@H]2CC3(CC[C@@]21O[Si](C)(C)C(C)(C)C)OCCO3. The molecule has 3 rings (SSSR count). The lowest BCUT2D eigenvalue weighted by molar-refractivity contribution is -0.261. The van der Waals surface area contributed by atoms with Gasteiger partial charge < -0.3 is 18.6 Å². The van der Waals surface area contributed by atoms with Crippen LogP contribution in [0.3, 0.4) is 0 Å². The van der Waals surface area contributed by atoms with Crippen LogP contribution in [0.25, 0.3) is 0 Å². The number of carbonyl (C=O) groups excluding carboxylic acids is 1. The highest BCUT2D eigenvalue weighted by Crippen LogP contribution is 2.61. The Morgan fingerprint density at radius 2 is 1.79 bits per heavy atom. The molecule has 0 unspecified atom stereocenters. The molecule has 1 saturated heterocycles. The lowest BCUT2D eigenvalue weighted by Gasteiger charge is -2.62. The summed E-state index contributed by atoms with van der Waals surface area (Å²) in [6.45, 7) is 12.6. The summed E-state index contributed by atoms with van der Waals surface area (Å²) in [7, 11) is -0.521. The van der Waals surface area contributed by atoms with Crippen molar-refractivity contribution >= 4 is 14.3 Å². The standard InChI is InChI=1S/C18H32O5Si/c1-16(2,3)24(5,6)23-18-8-7-17(21-9-10-22-17)12-13(18)11-14(18)15(19)20-4/h13-14H,7-12H2,1-6H3/t13-,14+,18-/m1/s1. The number of esters is 1. The molecule has 3 fully saturated rings. The van der Waals surface area contributed by atoms with Crippen molar-refractivity contribution in [2.75, 3.05) is 20.3 Å². The van der Waals surface area contributed by atoms with E-state index in [-0.39, 0.29) is 16.9 Å². The first kappa shape index (κ1) is 18.4. The minimum atomic E-state index is -2.00. The number of ether oxygens (including phenoxy) is 3. The fourth-order valence-corrected chi connectivity index (χ4v) is 6.00. The Kier molecular flexibility index (Phi) is 4.43. The van der Waals surface area contributed by atoms with Crippen LogP contribution in [0, 0.1) is 11.8 Å². The van der Waals surface area contributed by atoms with Gasteiger partial charge in [0.25, 0.3) is 0 Å². The van der Waals surface area contributed by atoms with E-state index in [0.29, 0.717) is 19.1 Å². The van der Waals surface area contributed by atoms with Gasteiger partial charge >= 0.3 is 5.97 Å². The van der Waals surface area contributed by atoms with Crippen LogP contribution in [0.1, 0.15) is 46.5 Å². The maximum absolute atomic E-state index is 12.4. The van der Waals surface area contributed by atoms with E-state index in [4.69, 9.17) is 18.6 Å². The van der Waals surface area contributed by atoms with Gasteiger partial charge in [-0.1, -0.05) is 20.8 Å². The largest absolute Gasteiger partial charge is 0.469 e. The minimum Gasteiger partial charge on any atom is -0.469 e. The average molecular weight is 357 g/mol. The molecular weight excluding hydrogens is 324 g/mol. The lowest BCUT2D eigenvalue weighted by atomic mass is 9.54. The molecule has 1 heterocycles. The molecule has 138 valence electrons. The Bertz CT molecular complexity index is 506. The molecule has 24 heavy (non-hydrogen) atoms. The Morgan fingerprint density at radius 3 is 2.29 bits per heavy atom. The van der Waals surface area contributed by atoms with E-state index in [1.165, 1.54) is 7.11 Å². The summed E-state index contributed by atoms with van der Waals surface area (Å²) in [6.07, 6.45) is 3.25. The van der Waals surface area contributed by atoms with Gasteiger partial charge in [-0.3, -0.25) is 4.79 Å². The van der Waals surface area contributed by atoms with Crippen LogP contribution < -0.4 is 0 Å². The normalized spacial score (nSPS) is 35.4. The first-order valence-corrected chi connectivity index (χ1v) is 12.0. The average Bonchev–Trinajstić information content (AvgIpc) is 2.93. The Hall–Kier alpha value is -0.433. The van der Waals surface area contributed by atoms with E-state index in [1.54, 1.807) is 0 Å². The third-order valence-corrected chi connectivity index (χ3v) is 11.3. The second-order valence-electron chi connectivity index (χ2n) is 9.14. The van der Waals surface area contributed by atoms with Crippen LogP contribution in [-0.2, 0) is 23.4 Å². The van der Waals surface area contributed by atoms with E-state index >= 15 is 0 Å². The number of methoxy groups -OCH3 is 1. The smallest absolute Gasteiger partial charge is 0.311 e. The lowest BCUT2D eigenvalue weighted by Crippen LogP contribution is -2.69. The van der Waals surface area contributed by atoms with Crippen LogP contribution in [-0.4, -0.2) is 46.0 Å². The number of rotatable bonds is 3. The van der Waals surface area contributed by atoms with Crippen molar-refractivity contribution in [2.24, 2.45) is 11.8 Å². The summed E-state index contributed by atoms with van der Waals surface area (Å²) < 4.78 is 23.8. The second kappa shape index (κ2) is 5.79. The van der Waals surface area contributed by atoms with Gasteiger partial charge in [0, 0.05) is 12.8 Å². The first-order chi connectivity index (χ1) is 11.1. The zero-order chi connectivity index (χ0) is 17.8. The van der Waals surface area contributed by atoms with Crippen molar-refractivity contribution in [1.82, 2.24) is 0 Å². The van der Waals surface area contributed by atoms with Crippen molar-refractivity contribution < 1.29 is 23.4 Å². The fraction of sp³-hybridized carbons (Fsp3) is 0.944. The third-order valence-electron chi connectivity index (χ3n) is 6.81. The zero-order valence-electron chi connectivity index (χ0n) is 15.9. The van der Waals surface area contributed by atoms with E-state index in [2.05, 4.69) is 33.9 Å². The van der Waals surface area contributed by atoms with Crippen molar-refractivity contribution in [2.45, 2.75) is 76.0 Å². The molecule has 0 bridgehead atoms. The number of hydrogen-bond donors (Lipinski definition) is 0. The maximum atomic E-state index is 12.4. The second-order valence-corrected chi connectivity index (χ2v) is 13.9. The van der Waals surface area contributed by atoms with Crippen LogP contribution in [0.4, 0.5) is 0 Å². The summed E-state index contributed by atoms with van der Waals surface area (Å²) in [6, 6.07) is 0. The van der Waals surface area contributed by atoms with Crippen molar-refractivity contribution in [3.8, 4) is 0 Å². The number of fused-ring (bicyclic) bond motifs is 1. The molecule has 0 aromatic heterocycles. The monoisotopic (exact) mass is 356 g/mol. The molecule has 0 amide bonds. The summed E-state index contributed by atoms with van der Waals surface area (Å²) in [4.78, 5) is 12.4. The van der Waals surface area contributed by atoms with Crippen LogP contribution >= 0.6 is 0 Å². The van der Waals surface area contributed by atoms with Crippen LogP contribution in [0.5, 0.6) is 0 Å². The van der Waals surface area contributed by atoms with Gasteiger partial charge in [-0.2, -0.15) is 0 Å². The molecule has 0 N–H and O–H groups in total. The highest BCUT2D eigenvalue weighted by Gasteiger charge is 2.66. The Balaban J connectivity index is 1.85. The Morgan fingerprint density at radius 1 is 1.17 bits per heavy atom. The molecule has 3 aliphatic rings. The highest BCUT2D eigenvalue weighted by molar-refractivity contribution is 6.74. The first-order valence-electron chi connectivity index (χ1n) is 9.11. The summed E-state index contributed by atoms with van der Waals surface area (Å²) in [5.74, 6) is -0.413. The molecule has 0 aromatic rings. The summed E-state index contributed by atoms with van der Waals surface area (Å²) in [5.41, 5.74) is -0.392. The van der Waals surface area contributed by atoms with Gasteiger partial charge in [0.1, 0.15) is 0 Å². The van der Waals surface area contributed by atoms with Crippen molar-refractivity contribution in [1.29, 1.82) is 0 Å². The molecule has 2 saturated carbocycles. The third kappa shape index (κ3) is 2.75. The zero-order valence-corrected chi connectivity index (χ0v) is 16.9. The van der Waals surface area contributed by atoms with E-state index in [0.717, 1.165) is 25.7 Å². The van der Waals surface area contributed by atoms with Gasteiger partial charge in [-0.25, -0.2) is 0 Å². The molecule has 5 nitrogen and oxygen atoms in total. The molecular formula is C18H32O5Si. The number of carbonyl (C=O) groups is 1. The molecule has 3 atom stereocenters. The molecule has 1 spiro atoms. The maximum Gasteiger partial charge on any atom is 0.311 e. The minimum absolute atomic E-state index is 0.109. The molecule has 1 aliphatic heterocycles. The van der Waals surface area contributed by atoms with Crippen molar-refractivity contribution in [3.05, 3.63) is 0 Å². The van der Waals surface area contributed by atoms with E-state index in [1.807, 2.05) is 0 Å².